The Labute approximate surface area is 153 Å². The number of imide groups is 1. The van der Waals surface area contributed by atoms with Crippen LogP contribution < -0.4 is 24.8 Å². The van der Waals surface area contributed by atoms with E-state index in [-0.39, 0.29) is 11.4 Å². The fourth-order valence-electron chi connectivity index (χ4n) is 2.28. The minimum Gasteiger partial charge on any atom is -0.486 e. The van der Waals surface area contributed by atoms with Gasteiger partial charge in [-0.3, -0.25) is 20.2 Å². The number of anilines is 1. The first-order valence-corrected chi connectivity index (χ1v) is 7.89. The van der Waals surface area contributed by atoms with Gasteiger partial charge in [-0.25, -0.2) is 4.79 Å². The van der Waals surface area contributed by atoms with Gasteiger partial charge < -0.3 is 19.5 Å². The maximum absolute atomic E-state index is 11.9. The lowest BCUT2D eigenvalue weighted by atomic mass is 10.2. The highest BCUT2D eigenvalue weighted by Crippen LogP contribution is 2.32. The van der Waals surface area contributed by atoms with Gasteiger partial charge in [-0.05, 0) is 18.2 Å². The van der Waals surface area contributed by atoms with Gasteiger partial charge >= 0.3 is 6.03 Å². The van der Waals surface area contributed by atoms with Crippen LogP contribution in [-0.2, 0) is 4.79 Å². The smallest absolute Gasteiger partial charge is 0.325 e. The average Bonchev–Trinajstić information content (AvgIpc) is 2.66. The van der Waals surface area contributed by atoms with Gasteiger partial charge in [0.25, 0.3) is 11.6 Å². The minimum atomic E-state index is -0.751. The van der Waals surface area contributed by atoms with Crippen molar-refractivity contribution in [3.8, 4) is 17.2 Å². The zero-order valence-corrected chi connectivity index (χ0v) is 14.0. The van der Waals surface area contributed by atoms with E-state index in [1.54, 1.807) is 18.2 Å². The van der Waals surface area contributed by atoms with E-state index in [9.17, 15) is 19.7 Å². The number of urea groups is 1. The number of carbonyl (C=O) groups is 2. The van der Waals surface area contributed by atoms with Crippen LogP contribution in [0.15, 0.2) is 42.5 Å². The number of ether oxygens (including phenoxy) is 3. The molecule has 0 radical (unpaired) electrons. The highest BCUT2D eigenvalue weighted by atomic mass is 16.6. The molecule has 2 aromatic carbocycles. The molecule has 0 bridgehead atoms. The maximum atomic E-state index is 11.9. The first-order chi connectivity index (χ1) is 13.0. The van der Waals surface area contributed by atoms with Crippen molar-refractivity contribution >= 4 is 23.3 Å². The third kappa shape index (κ3) is 4.84. The molecule has 1 heterocycles. The molecule has 10 heteroatoms. The molecule has 0 aliphatic carbocycles. The van der Waals surface area contributed by atoms with Gasteiger partial charge in [0.05, 0.1) is 11.0 Å². The van der Waals surface area contributed by atoms with E-state index < -0.39 is 23.5 Å². The monoisotopic (exact) mass is 373 g/mol. The van der Waals surface area contributed by atoms with E-state index in [0.717, 1.165) is 0 Å². The Morgan fingerprint density at radius 2 is 1.89 bits per heavy atom. The molecule has 2 N–H and O–H groups in total. The number of non-ortho nitro benzene ring substituents is 1. The van der Waals surface area contributed by atoms with Crippen molar-refractivity contribution in [2.45, 2.75) is 0 Å². The largest absolute Gasteiger partial charge is 0.486 e. The van der Waals surface area contributed by atoms with Crippen molar-refractivity contribution in [3.05, 3.63) is 52.6 Å². The average molecular weight is 373 g/mol. The van der Waals surface area contributed by atoms with Crippen LogP contribution in [-0.4, -0.2) is 36.7 Å². The van der Waals surface area contributed by atoms with Gasteiger partial charge in [0.1, 0.15) is 19.0 Å². The van der Waals surface area contributed by atoms with Crippen LogP contribution in [0.4, 0.5) is 16.2 Å². The summed E-state index contributed by atoms with van der Waals surface area (Å²) in [5.74, 6) is 0.510. The van der Waals surface area contributed by atoms with Crippen molar-refractivity contribution in [2.24, 2.45) is 0 Å². The Morgan fingerprint density at radius 1 is 1.11 bits per heavy atom. The summed E-state index contributed by atoms with van der Waals surface area (Å²) in [6, 6.07) is 9.47. The predicted octanol–water partition coefficient (Wildman–Crippen LogP) is 2.09. The predicted molar refractivity (Wildman–Crippen MR) is 93.2 cm³/mol. The van der Waals surface area contributed by atoms with E-state index in [1.165, 1.54) is 24.3 Å². The minimum absolute atomic E-state index is 0.145. The Morgan fingerprint density at radius 3 is 2.67 bits per heavy atom. The number of hydrogen-bond donors (Lipinski definition) is 2. The second-order valence-electron chi connectivity index (χ2n) is 5.40. The van der Waals surface area contributed by atoms with Crippen LogP contribution in [0.2, 0.25) is 0 Å². The summed E-state index contributed by atoms with van der Waals surface area (Å²) < 4.78 is 15.9. The molecule has 10 nitrogen and oxygen atoms in total. The molecule has 3 amide bonds. The van der Waals surface area contributed by atoms with Crippen molar-refractivity contribution in [1.29, 1.82) is 0 Å². The quantitative estimate of drug-likeness (QED) is 0.606. The number of benzene rings is 2. The summed E-state index contributed by atoms with van der Waals surface area (Å²) in [5, 5.41) is 15.3. The molecule has 0 fully saturated rings. The van der Waals surface area contributed by atoms with E-state index in [2.05, 4.69) is 10.6 Å². The van der Waals surface area contributed by atoms with Crippen LogP contribution in [0.1, 0.15) is 0 Å². The highest BCUT2D eigenvalue weighted by molar-refractivity contribution is 6.01. The van der Waals surface area contributed by atoms with Gasteiger partial charge in [0.15, 0.2) is 18.1 Å². The highest BCUT2D eigenvalue weighted by Gasteiger charge is 2.14. The first kappa shape index (κ1) is 18.0. The summed E-state index contributed by atoms with van der Waals surface area (Å²) in [6.07, 6.45) is 0. The van der Waals surface area contributed by atoms with Gasteiger partial charge in [0.2, 0.25) is 0 Å². The number of nitro groups is 1. The number of carbonyl (C=O) groups excluding carboxylic acids is 2. The normalized spacial score (nSPS) is 12.0. The third-order valence-electron chi connectivity index (χ3n) is 3.45. The van der Waals surface area contributed by atoms with Crippen LogP contribution in [0, 0.1) is 10.1 Å². The zero-order valence-electron chi connectivity index (χ0n) is 14.0. The summed E-state index contributed by atoms with van der Waals surface area (Å²) in [5.41, 5.74) is 0.258. The van der Waals surface area contributed by atoms with Gasteiger partial charge in [-0.2, -0.15) is 0 Å². The second kappa shape index (κ2) is 8.04. The number of hydrogen-bond acceptors (Lipinski definition) is 7. The third-order valence-corrected chi connectivity index (χ3v) is 3.45. The topological polar surface area (TPSA) is 129 Å². The fourth-order valence-corrected chi connectivity index (χ4v) is 2.28. The van der Waals surface area contributed by atoms with E-state index in [4.69, 9.17) is 14.2 Å². The Hall–Kier alpha value is -3.82. The summed E-state index contributed by atoms with van der Waals surface area (Å²) in [7, 11) is 0. The molecule has 1 aliphatic heterocycles. The summed E-state index contributed by atoms with van der Waals surface area (Å²) >= 11 is 0. The molecular formula is C17H15N3O7. The molecule has 140 valence electrons. The molecular weight excluding hydrogens is 358 g/mol. The second-order valence-corrected chi connectivity index (χ2v) is 5.40. The SMILES string of the molecule is O=C(COc1cccc([N+](=O)[O-])c1)NC(=O)Nc1ccc2c(c1)OCCO2. The molecule has 0 unspecified atom stereocenters. The Balaban J connectivity index is 1.50. The van der Waals surface area contributed by atoms with Crippen molar-refractivity contribution in [1.82, 2.24) is 5.32 Å². The number of amides is 3. The van der Waals surface area contributed by atoms with Crippen molar-refractivity contribution in [2.75, 3.05) is 25.1 Å². The molecule has 2 aromatic rings. The van der Waals surface area contributed by atoms with Crippen molar-refractivity contribution < 1.29 is 28.7 Å². The molecule has 27 heavy (non-hydrogen) atoms. The molecule has 0 saturated heterocycles. The fraction of sp³-hybridized carbons (Fsp3) is 0.176. The first-order valence-electron chi connectivity index (χ1n) is 7.89. The lowest BCUT2D eigenvalue weighted by Gasteiger charge is -2.19. The van der Waals surface area contributed by atoms with Gasteiger partial charge in [-0.15, -0.1) is 0 Å². The molecule has 3 rings (SSSR count). The molecule has 0 saturated carbocycles. The van der Waals surface area contributed by atoms with Crippen molar-refractivity contribution in [3.63, 3.8) is 0 Å². The number of fused-ring (bicyclic) bond motifs is 1. The lowest BCUT2D eigenvalue weighted by Crippen LogP contribution is -2.37. The molecule has 1 aliphatic rings. The molecule has 0 aromatic heterocycles. The number of nitrogens with zero attached hydrogens (tertiary/aromatic N) is 1. The zero-order chi connectivity index (χ0) is 19.2. The molecule has 0 atom stereocenters. The van der Waals surface area contributed by atoms with E-state index in [1.807, 2.05) is 0 Å². The number of nitro benzene ring substituents is 1. The molecule has 0 spiro atoms. The summed E-state index contributed by atoms with van der Waals surface area (Å²) in [6.45, 7) is 0.394. The summed E-state index contributed by atoms with van der Waals surface area (Å²) in [4.78, 5) is 33.8. The Bertz CT molecular complexity index is 885. The number of nitrogens with one attached hydrogen (secondary N) is 2. The van der Waals surface area contributed by atoms with E-state index in [0.29, 0.717) is 30.4 Å². The van der Waals surface area contributed by atoms with Gasteiger partial charge in [0, 0.05) is 17.8 Å². The van der Waals surface area contributed by atoms with Gasteiger partial charge in [-0.1, -0.05) is 6.07 Å². The van der Waals surface area contributed by atoms with E-state index >= 15 is 0 Å². The maximum Gasteiger partial charge on any atom is 0.325 e. The van der Waals surface area contributed by atoms with Crippen LogP contribution in [0.3, 0.4) is 0 Å². The number of rotatable bonds is 5. The standard InChI is InChI=1S/C17H15N3O7/c21-16(10-27-13-3-1-2-12(9-13)20(23)24)19-17(22)18-11-4-5-14-15(8-11)26-7-6-25-14/h1-5,8-9H,6-7,10H2,(H2,18,19,21,22). The van der Waals surface area contributed by atoms with Crippen LogP contribution in [0.25, 0.3) is 0 Å². The van der Waals surface area contributed by atoms with Crippen LogP contribution in [0.5, 0.6) is 17.2 Å². The lowest BCUT2D eigenvalue weighted by molar-refractivity contribution is -0.384. The van der Waals surface area contributed by atoms with Crippen LogP contribution >= 0.6 is 0 Å². The Kier molecular flexibility index (Phi) is 5.36.